The van der Waals surface area contributed by atoms with E-state index in [0.29, 0.717) is 17.8 Å². The number of aromatic nitrogens is 1. The standard InChI is InChI=1S/C78H52F15NO9/c1-40(2)99-61-32-9-7-22-56(61)72-52(36-35-41(3)94-72)51-26-13-30-57(71(51)76(85,86)87)67-48(23-15-33-62(67)100-42(4)95)50-25-12-29-58(70(50)75(82,83)84)68-49(24-16-34-63(68)101-43(5)96)53-27-14-28-54(73(53)103-78(91,92)93)59-39-64(102-77(88,89)90)66(45-18-11-20-47(98)38-45)69(65(59)44-17-10-19-46(97)37-44)55-21-6-8-31-60(55)74(79,80)81/h6-40,97-98H,1-5H3. The number of alkyl halides is 15. The SMILES string of the molecule is CC(=O)Oc1cccc(-c2cccc(-c3c(OC(C)=O)cccc3-c3cccc(-c4cc(OC(F)(F)F)c(-c5cccc(O)c5)c(-c5ccccc5C(F)(F)F)c4-c4cccc(O)c4)c3OC(F)(F)F)c2C(F)(F)F)c1-c1cccc(-c2ccc(C)nc2-c2ccccc2OC(C)C)c1C(F)(F)F. The third-order valence-corrected chi connectivity index (χ3v) is 16.0. The molecule has 0 saturated heterocycles. The maximum atomic E-state index is 17.0. The topological polar surface area (TPSA) is 134 Å². The molecule has 0 atom stereocenters. The average Bonchev–Trinajstić information content (AvgIpc) is 0.732. The first-order chi connectivity index (χ1) is 48.5. The minimum atomic E-state index is -5.90. The Morgan fingerprint density at radius 1 is 0.369 bits per heavy atom. The summed E-state index contributed by atoms with van der Waals surface area (Å²) in [5.74, 6) is -7.88. The number of benzene rings is 10. The molecule has 0 unspecified atom stereocenters. The predicted octanol–water partition coefficient (Wildman–Crippen LogP) is 23.0. The Kier molecular flexibility index (Phi) is 19.7. The van der Waals surface area contributed by atoms with Crippen molar-refractivity contribution in [3.05, 3.63) is 229 Å². The van der Waals surface area contributed by atoms with Crippen LogP contribution in [0, 0.1) is 6.92 Å². The van der Waals surface area contributed by atoms with Crippen molar-refractivity contribution in [1.82, 2.24) is 4.98 Å². The van der Waals surface area contributed by atoms with Gasteiger partial charge in [-0.3, -0.25) is 14.6 Å². The summed E-state index contributed by atoms with van der Waals surface area (Å²) in [6, 6.07) is 35.7. The number of carbonyl (C=O) groups is 2. The molecule has 528 valence electrons. The second-order valence-electron chi connectivity index (χ2n) is 23.5. The van der Waals surface area contributed by atoms with Gasteiger partial charge in [-0.25, -0.2) is 0 Å². The van der Waals surface area contributed by atoms with E-state index in [1.54, 1.807) is 45.0 Å². The third-order valence-electron chi connectivity index (χ3n) is 16.0. The van der Waals surface area contributed by atoms with Crippen LogP contribution in [0.25, 0.3) is 111 Å². The van der Waals surface area contributed by atoms with E-state index in [2.05, 4.69) is 9.72 Å². The minimum Gasteiger partial charge on any atom is -0.508 e. The summed E-state index contributed by atoms with van der Waals surface area (Å²) >= 11 is 0. The highest BCUT2D eigenvalue weighted by Crippen LogP contribution is 2.59. The number of esters is 2. The van der Waals surface area contributed by atoms with Crippen LogP contribution < -0.4 is 23.7 Å². The van der Waals surface area contributed by atoms with Crippen LogP contribution in [0.4, 0.5) is 65.9 Å². The van der Waals surface area contributed by atoms with Gasteiger partial charge in [0.2, 0.25) is 0 Å². The number of phenolic OH excluding ortho intramolecular Hbond substituents is 2. The number of rotatable bonds is 16. The summed E-state index contributed by atoms with van der Waals surface area (Å²) in [6.45, 7) is 6.70. The van der Waals surface area contributed by atoms with Crippen molar-refractivity contribution < 1.29 is 109 Å². The number of phenols is 2. The summed E-state index contributed by atoms with van der Waals surface area (Å²) < 4.78 is 266. The van der Waals surface area contributed by atoms with Crippen molar-refractivity contribution >= 4 is 11.9 Å². The van der Waals surface area contributed by atoms with Crippen LogP contribution in [0.1, 0.15) is 50.1 Å². The Balaban J connectivity index is 1.25. The highest BCUT2D eigenvalue weighted by molar-refractivity contribution is 6.07. The molecule has 0 spiro atoms. The van der Waals surface area contributed by atoms with Crippen LogP contribution in [-0.2, 0) is 28.1 Å². The fraction of sp³-hybridized carbons (Fsp3) is 0.141. The molecule has 0 bridgehead atoms. The summed E-state index contributed by atoms with van der Waals surface area (Å²) in [7, 11) is 0. The van der Waals surface area contributed by atoms with Crippen LogP contribution in [-0.4, -0.2) is 46.0 Å². The molecule has 10 aromatic carbocycles. The van der Waals surface area contributed by atoms with Gasteiger partial charge in [-0.15, -0.1) is 26.3 Å². The summed E-state index contributed by atoms with van der Waals surface area (Å²) in [5, 5.41) is 21.9. The second kappa shape index (κ2) is 28.0. The highest BCUT2D eigenvalue weighted by Gasteiger charge is 2.44. The molecule has 2 N–H and O–H groups in total. The van der Waals surface area contributed by atoms with E-state index in [9.17, 15) is 19.8 Å². The molecule has 0 saturated carbocycles. The molecule has 0 aliphatic heterocycles. The molecule has 0 fully saturated rings. The zero-order chi connectivity index (χ0) is 74.4. The van der Waals surface area contributed by atoms with Crippen molar-refractivity contribution in [3.8, 4) is 152 Å². The molecule has 11 rings (SSSR count). The molecule has 25 heteroatoms. The van der Waals surface area contributed by atoms with Gasteiger partial charge < -0.3 is 33.9 Å². The zero-order valence-corrected chi connectivity index (χ0v) is 54.1. The van der Waals surface area contributed by atoms with Gasteiger partial charge in [0.25, 0.3) is 0 Å². The van der Waals surface area contributed by atoms with E-state index in [0.717, 1.165) is 166 Å². The van der Waals surface area contributed by atoms with E-state index in [1.165, 1.54) is 18.2 Å². The van der Waals surface area contributed by atoms with Crippen LogP contribution in [0.15, 0.2) is 206 Å². The maximum absolute atomic E-state index is 17.0. The third kappa shape index (κ3) is 15.5. The number of pyridine rings is 1. The molecule has 11 aromatic rings. The van der Waals surface area contributed by atoms with Gasteiger partial charge in [0.1, 0.15) is 40.2 Å². The largest absolute Gasteiger partial charge is 0.573 e. The first-order valence-corrected chi connectivity index (χ1v) is 30.9. The van der Waals surface area contributed by atoms with Crippen molar-refractivity contribution in [2.24, 2.45) is 0 Å². The lowest BCUT2D eigenvalue weighted by Gasteiger charge is -2.27. The normalized spacial score (nSPS) is 12.1. The second-order valence-corrected chi connectivity index (χ2v) is 23.5. The van der Waals surface area contributed by atoms with E-state index in [4.69, 9.17) is 18.9 Å². The lowest BCUT2D eigenvalue weighted by atomic mass is 9.80. The number of hydrogen-bond donors (Lipinski definition) is 2. The summed E-state index contributed by atoms with van der Waals surface area (Å²) in [6.07, 6.45) is -28.6. The summed E-state index contributed by atoms with van der Waals surface area (Å²) in [4.78, 5) is 30.9. The van der Waals surface area contributed by atoms with Crippen LogP contribution in [0.5, 0.6) is 40.2 Å². The Morgan fingerprint density at radius 3 is 1.28 bits per heavy atom. The number of ether oxygens (including phenoxy) is 5. The Hall–Kier alpha value is -11.8. The fourth-order valence-corrected chi connectivity index (χ4v) is 12.5. The number of para-hydroxylation sites is 2. The highest BCUT2D eigenvalue weighted by atomic mass is 19.4. The first-order valence-electron chi connectivity index (χ1n) is 30.9. The van der Waals surface area contributed by atoms with Gasteiger partial charge in [0, 0.05) is 64.0 Å². The van der Waals surface area contributed by atoms with E-state index >= 15 is 65.9 Å². The quantitative estimate of drug-likeness (QED) is 0.0547. The fourth-order valence-electron chi connectivity index (χ4n) is 12.5. The molecule has 0 radical (unpaired) electrons. The number of nitrogens with zero attached hydrogens (tertiary/aromatic N) is 1. The van der Waals surface area contributed by atoms with Gasteiger partial charge in [-0.2, -0.15) is 39.5 Å². The number of carbonyl (C=O) groups excluding carboxylic acids is 2. The average molecular weight is 1430 g/mol. The molecule has 0 aliphatic rings. The van der Waals surface area contributed by atoms with Gasteiger partial charge in [-0.05, 0) is 149 Å². The van der Waals surface area contributed by atoms with Crippen molar-refractivity contribution in [2.75, 3.05) is 0 Å². The smallest absolute Gasteiger partial charge is 0.508 e. The number of aryl methyl sites for hydroxylation is 1. The molecule has 0 amide bonds. The lowest BCUT2D eigenvalue weighted by Crippen LogP contribution is -2.19. The zero-order valence-electron chi connectivity index (χ0n) is 54.1. The van der Waals surface area contributed by atoms with Crippen molar-refractivity contribution in [1.29, 1.82) is 0 Å². The lowest BCUT2D eigenvalue weighted by molar-refractivity contribution is -0.275. The molecule has 1 aromatic heterocycles. The Labute approximate surface area is 576 Å². The number of halogens is 15. The van der Waals surface area contributed by atoms with Gasteiger partial charge >= 0.3 is 43.2 Å². The van der Waals surface area contributed by atoms with Gasteiger partial charge in [-0.1, -0.05) is 140 Å². The Morgan fingerprint density at radius 2 is 0.786 bits per heavy atom. The van der Waals surface area contributed by atoms with Gasteiger partial charge in [0.05, 0.1) is 28.5 Å². The summed E-state index contributed by atoms with van der Waals surface area (Å²) in [5.41, 5.74) is -17.9. The predicted molar refractivity (Wildman–Crippen MR) is 353 cm³/mol. The van der Waals surface area contributed by atoms with Crippen LogP contribution in [0.2, 0.25) is 0 Å². The maximum Gasteiger partial charge on any atom is 0.573 e. The Bertz CT molecular complexity index is 5110. The monoisotopic (exact) mass is 1430 g/mol. The van der Waals surface area contributed by atoms with Crippen molar-refractivity contribution in [3.63, 3.8) is 0 Å². The van der Waals surface area contributed by atoms with E-state index in [-0.39, 0.29) is 22.6 Å². The molecular weight excluding hydrogens is 1380 g/mol. The molecule has 10 nitrogen and oxygen atoms in total. The molecular formula is C78H52F15NO9. The van der Waals surface area contributed by atoms with Crippen LogP contribution in [0.3, 0.4) is 0 Å². The van der Waals surface area contributed by atoms with Crippen molar-refractivity contribution in [2.45, 2.75) is 72.0 Å². The van der Waals surface area contributed by atoms with E-state index in [1.807, 2.05) is 0 Å². The molecule has 103 heavy (non-hydrogen) atoms. The minimum absolute atomic E-state index is 0.00695. The van der Waals surface area contributed by atoms with Gasteiger partial charge in [0.15, 0.2) is 0 Å². The van der Waals surface area contributed by atoms with E-state index < -0.39 is 195 Å². The molecule has 1 heterocycles. The number of hydrogen-bond acceptors (Lipinski definition) is 10. The van der Waals surface area contributed by atoms with Crippen LogP contribution >= 0.6 is 0 Å². The first kappa shape index (κ1) is 72.5. The molecule has 0 aliphatic carbocycles. The number of aromatic hydroxyl groups is 2.